The van der Waals surface area contributed by atoms with Crippen LogP contribution in [0, 0.1) is 5.92 Å². The van der Waals surface area contributed by atoms with Crippen molar-refractivity contribution >= 4 is 17.7 Å². The normalized spacial score (nSPS) is 27.9. The molecular weight excluding hydrogens is 248 g/mol. The van der Waals surface area contributed by atoms with E-state index in [0.717, 1.165) is 11.5 Å². The maximum atomic E-state index is 11.7. The fourth-order valence-corrected chi connectivity index (χ4v) is 3.16. The standard InChI is InChI=1S/C14H18O3S/c1-10-13(14(15)17-11(2)16-10)9-18-8-12-6-4-3-5-7-12/h3-7,10-11,13H,8-9H2,1-2H3. The number of thioether (sulfide) groups is 1. The molecule has 1 aromatic carbocycles. The van der Waals surface area contributed by atoms with Crippen LogP contribution in [0.4, 0.5) is 0 Å². The summed E-state index contributed by atoms with van der Waals surface area (Å²) in [5, 5.41) is 0. The number of rotatable bonds is 4. The molecule has 3 nitrogen and oxygen atoms in total. The summed E-state index contributed by atoms with van der Waals surface area (Å²) < 4.78 is 10.6. The Morgan fingerprint density at radius 1 is 1.22 bits per heavy atom. The average molecular weight is 266 g/mol. The Labute approximate surface area is 112 Å². The van der Waals surface area contributed by atoms with Crippen molar-refractivity contribution in [1.82, 2.24) is 0 Å². The molecule has 1 aliphatic heterocycles. The summed E-state index contributed by atoms with van der Waals surface area (Å²) in [4.78, 5) is 11.7. The molecule has 0 bridgehead atoms. The molecule has 2 rings (SSSR count). The lowest BCUT2D eigenvalue weighted by molar-refractivity contribution is -0.219. The summed E-state index contributed by atoms with van der Waals surface area (Å²) in [6, 6.07) is 10.2. The second-order valence-electron chi connectivity index (χ2n) is 4.45. The first-order valence-electron chi connectivity index (χ1n) is 6.14. The zero-order valence-corrected chi connectivity index (χ0v) is 11.5. The van der Waals surface area contributed by atoms with Gasteiger partial charge in [-0.3, -0.25) is 4.79 Å². The second-order valence-corrected chi connectivity index (χ2v) is 5.48. The molecule has 0 spiro atoms. The van der Waals surface area contributed by atoms with Gasteiger partial charge in [-0.25, -0.2) is 0 Å². The molecule has 1 fully saturated rings. The van der Waals surface area contributed by atoms with Gasteiger partial charge in [0.2, 0.25) is 0 Å². The minimum Gasteiger partial charge on any atom is -0.436 e. The third kappa shape index (κ3) is 3.50. The van der Waals surface area contributed by atoms with Crippen LogP contribution in [0.15, 0.2) is 30.3 Å². The molecule has 0 N–H and O–H groups in total. The van der Waals surface area contributed by atoms with Gasteiger partial charge in [0.15, 0.2) is 6.29 Å². The minimum atomic E-state index is -0.414. The van der Waals surface area contributed by atoms with Crippen LogP contribution >= 0.6 is 11.8 Å². The molecule has 3 unspecified atom stereocenters. The summed E-state index contributed by atoms with van der Waals surface area (Å²) in [6.45, 7) is 3.69. The molecule has 1 heterocycles. The van der Waals surface area contributed by atoms with Crippen LogP contribution < -0.4 is 0 Å². The van der Waals surface area contributed by atoms with E-state index in [9.17, 15) is 4.79 Å². The zero-order chi connectivity index (χ0) is 13.0. The number of cyclic esters (lactones) is 1. The van der Waals surface area contributed by atoms with Gasteiger partial charge in [0, 0.05) is 11.5 Å². The van der Waals surface area contributed by atoms with Crippen LogP contribution in [-0.4, -0.2) is 24.1 Å². The molecule has 18 heavy (non-hydrogen) atoms. The number of carbonyl (C=O) groups is 1. The molecule has 1 aliphatic rings. The maximum Gasteiger partial charge on any atom is 0.314 e. The molecule has 4 heteroatoms. The van der Waals surface area contributed by atoms with Gasteiger partial charge >= 0.3 is 5.97 Å². The molecule has 1 saturated heterocycles. The Bertz CT molecular complexity index is 393. The summed E-state index contributed by atoms with van der Waals surface area (Å²) in [7, 11) is 0. The van der Waals surface area contributed by atoms with Crippen LogP contribution in [-0.2, 0) is 20.0 Å². The van der Waals surface area contributed by atoms with Crippen molar-refractivity contribution in [2.45, 2.75) is 32.0 Å². The molecule has 0 saturated carbocycles. The van der Waals surface area contributed by atoms with Gasteiger partial charge in [-0.1, -0.05) is 30.3 Å². The topological polar surface area (TPSA) is 35.5 Å². The van der Waals surface area contributed by atoms with E-state index in [1.165, 1.54) is 5.56 Å². The highest BCUT2D eigenvalue weighted by Crippen LogP contribution is 2.25. The lowest BCUT2D eigenvalue weighted by Crippen LogP contribution is -2.42. The Hall–Kier alpha value is -1.00. The SMILES string of the molecule is CC1OC(=O)C(CSCc2ccccc2)C(C)O1. The molecule has 0 aliphatic carbocycles. The van der Waals surface area contributed by atoms with Crippen molar-refractivity contribution in [2.24, 2.45) is 5.92 Å². The average Bonchev–Trinajstić information content (AvgIpc) is 2.34. The Balaban J connectivity index is 1.81. The second kappa shape index (κ2) is 6.25. The van der Waals surface area contributed by atoms with E-state index in [0.29, 0.717) is 0 Å². The van der Waals surface area contributed by atoms with Crippen LogP contribution in [0.3, 0.4) is 0 Å². The number of ether oxygens (including phenoxy) is 2. The van der Waals surface area contributed by atoms with E-state index < -0.39 is 6.29 Å². The number of carbonyl (C=O) groups excluding carboxylic acids is 1. The van der Waals surface area contributed by atoms with E-state index in [2.05, 4.69) is 12.1 Å². The third-order valence-corrected chi connectivity index (χ3v) is 4.10. The van der Waals surface area contributed by atoms with Crippen molar-refractivity contribution in [3.8, 4) is 0 Å². The van der Waals surface area contributed by atoms with E-state index in [-0.39, 0.29) is 18.0 Å². The van der Waals surface area contributed by atoms with Crippen LogP contribution in [0.25, 0.3) is 0 Å². The van der Waals surface area contributed by atoms with Crippen molar-refractivity contribution in [2.75, 3.05) is 5.75 Å². The number of esters is 1. The van der Waals surface area contributed by atoms with Crippen molar-refractivity contribution in [1.29, 1.82) is 0 Å². The predicted molar refractivity (Wildman–Crippen MR) is 72.2 cm³/mol. The number of hydrogen-bond acceptors (Lipinski definition) is 4. The first kappa shape index (κ1) is 13.4. The van der Waals surface area contributed by atoms with Crippen LogP contribution in [0.1, 0.15) is 19.4 Å². The Morgan fingerprint density at radius 2 is 1.94 bits per heavy atom. The zero-order valence-electron chi connectivity index (χ0n) is 10.7. The lowest BCUT2D eigenvalue weighted by Gasteiger charge is -2.31. The highest BCUT2D eigenvalue weighted by Gasteiger charge is 2.34. The molecule has 0 amide bonds. The summed E-state index contributed by atoms with van der Waals surface area (Å²) in [5.74, 6) is 1.35. The molecule has 1 aromatic rings. The lowest BCUT2D eigenvalue weighted by atomic mass is 10.1. The van der Waals surface area contributed by atoms with Gasteiger partial charge in [0.1, 0.15) is 0 Å². The Morgan fingerprint density at radius 3 is 2.61 bits per heavy atom. The van der Waals surface area contributed by atoms with Crippen LogP contribution in [0.5, 0.6) is 0 Å². The molecule has 0 aromatic heterocycles. The summed E-state index contributed by atoms with van der Waals surface area (Å²) in [5.41, 5.74) is 1.27. The predicted octanol–water partition coefficient (Wildman–Crippen LogP) is 2.84. The van der Waals surface area contributed by atoms with Crippen molar-refractivity contribution in [3.63, 3.8) is 0 Å². The fraction of sp³-hybridized carbons (Fsp3) is 0.500. The summed E-state index contributed by atoms with van der Waals surface area (Å²) in [6.07, 6.45) is -0.479. The van der Waals surface area contributed by atoms with Crippen molar-refractivity contribution < 1.29 is 14.3 Å². The molecular formula is C14H18O3S. The van der Waals surface area contributed by atoms with E-state index in [1.807, 2.05) is 25.1 Å². The van der Waals surface area contributed by atoms with Gasteiger partial charge in [0.05, 0.1) is 12.0 Å². The highest BCUT2D eigenvalue weighted by molar-refractivity contribution is 7.98. The first-order valence-corrected chi connectivity index (χ1v) is 7.30. The number of hydrogen-bond donors (Lipinski definition) is 0. The minimum absolute atomic E-state index is 0.0653. The van der Waals surface area contributed by atoms with E-state index in [4.69, 9.17) is 9.47 Å². The highest BCUT2D eigenvalue weighted by atomic mass is 32.2. The summed E-state index contributed by atoms with van der Waals surface area (Å²) >= 11 is 1.74. The van der Waals surface area contributed by atoms with Gasteiger partial charge in [0.25, 0.3) is 0 Å². The Kier molecular flexibility index (Phi) is 4.66. The fourth-order valence-electron chi connectivity index (χ4n) is 1.95. The van der Waals surface area contributed by atoms with Gasteiger partial charge < -0.3 is 9.47 Å². The first-order chi connectivity index (χ1) is 8.66. The third-order valence-electron chi connectivity index (χ3n) is 2.97. The molecule has 98 valence electrons. The van der Waals surface area contributed by atoms with Gasteiger partial charge in [-0.2, -0.15) is 11.8 Å². The van der Waals surface area contributed by atoms with Gasteiger partial charge in [-0.15, -0.1) is 0 Å². The quantitative estimate of drug-likeness (QED) is 0.785. The molecule has 0 radical (unpaired) electrons. The van der Waals surface area contributed by atoms with E-state index >= 15 is 0 Å². The monoisotopic (exact) mass is 266 g/mol. The maximum absolute atomic E-state index is 11.7. The van der Waals surface area contributed by atoms with E-state index in [1.54, 1.807) is 18.7 Å². The van der Waals surface area contributed by atoms with Crippen molar-refractivity contribution in [3.05, 3.63) is 35.9 Å². The van der Waals surface area contributed by atoms with Gasteiger partial charge in [-0.05, 0) is 19.4 Å². The smallest absolute Gasteiger partial charge is 0.314 e. The molecule has 3 atom stereocenters. The number of benzene rings is 1. The van der Waals surface area contributed by atoms with Crippen LogP contribution in [0.2, 0.25) is 0 Å². The largest absolute Gasteiger partial charge is 0.436 e.